The predicted molar refractivity (Wildman–Crippen MR) is 121 cm³/mol. The van der Waals surface area contributed by atoms with Gasteiger partial charge in [0, 0.05) is 11.6 Å². The minimum atomic E-state index is -0.843. The molecule has 5 rings (SSSR count). The first-order chi connectivity index (χ1) is 15.5. The van der Waals surface area contributed by atoms with Crippen molar-refractivity contribution in [2.75, 3.05) is 0 Å². The fraction of sp³-hybridized carbons (Fsp3) is 0.160. The first-order valence-electron chi connectivity index (χ1n) is 10.4. The third kappa shape index (κ3) is 3.01. The van der Waals surface area contributed by atoms with Gasteiger partial charge in [0.25, 0.3) is 0 Å². The van der Waals surface area contributed by atoms with Crippen molar-refractivity contribution < 1.29 is 14.6 Å². The molecule has 0 saturated carbocycles. The van der Waals surface area contributed by atoms with E-state index in [1.54, 1.807) is 6.07 Å². The number of nitro benzene ring substituents is 2. The number of carbonyl (C=O) groups is 1. The fourth-order valence-electron chi connectivity index (χ4n) is 4.83. The molecule has 0 amide bonds. The highest BCUT2D eigenvalue weighted by Gasteiger charge is 2.33. The van der Waals surface area contributed by atoms with Crippen LogP contribution in [0.4, 0.5) is 11.4 Å². The summed E-state index contributed by atoms with van der Waals surface area (Å²) in [6.45, 7) is 0. The molecule has 0 aliphatic heterocycles. The van der Waals surface area contributed by atoms with Gasteiger partial charge >= 0.3 is 11.4 Å². The second-order valence-corrected chi connectivity index (χ2v) is 7.99. The number of nitrogens with zero attached hydrogens (tertiary/aromatic N) is 2. The summed E-state index contributed by atoms with van der Waals surface area (Å²) in [6.07, 6.45) is 3.82. The second kappa shape index (κ2) is 7.53. The molecule has 0 fully saturated rings. The lowest BCUT2D eigenvalue weighted by Gasteiger charge is -2.21. The molecule has 0 aromatic heterocycles. The number of benzene rings is 4. The van der Waals surface area contributed by atoms with Crippen LogP contribution in [0.15, 0.2) is 60.7 Å². The van der Waals surface area contributed by atoms with Crippen molar-refractivity contribution in [2.45, 2.75) is 25.7 Å². The Kier molecular flexibility index (Phi) is 4.66. The molecule has 0 N–H and O–H groups in total. The number of carbonyl (C=O) groups excluding carboxylic acids is 1. The first-order valence-corrected chi connectivity index (χ1v) is 10.4. The molecule has 1 aliphatic rings. The number of hydrogen-bond donors (Lipinski definition) is 0. The van der Waals surface area contributed by atoms with E-state index in [0.29, 0.717) is 5.56 Å². The third-order valence-corrected chi connectivity index (χ3v) is 6.24. The van der Waals surface area contributed by atoms with Crippen molar-refractivity contribution in [2.24, 2.45) is 0 Å². The van der Waals surface area contributed by atoms with Gasteiger partial charge < -0.3 is 0 Å². The number of aryl methyl sites for hydroxylation is 2. The summed E-state index contributed by atoms with van der Waals surface area (Å²) in [5, 5.41) is 26.7. The Morgan fingerprint density at radius 2 is 1.56 bits per heavy atom. The lowest BCUT2D eigenvalue weighted by atomic mass is 9.83. The zero-order chi connectivity index (χ0) is 22.4. The summed E-state index contributed by atoms with van der Waals surface area (Å²) < 4.78 is 0. The van der Waals surface area contributed by atoms with Crippen molar-refractivity contribution in [1.29, 1.82) is 0 Å². The Morgan fingerprint density at radius 1 is 0.781 bits per heavy atom. The molecule has 0 radical (unpaired) electrons. The minimum absolute atomic E-state index is 0.269. The molecule has 0 saturated heterocycles. The maximum absolute atomic E-state index is 13.8. The van der Waals surface area contributed by atoms with E-state index in [9.17, 15) is 25.0 Å². The number of ketones is 1. The quantitative estimate of drug-likeness (QED) is 0.174. The molecule has 158 valence electrons. The summed E-state index contributed by atoms with van der Waals surface area (Å²) in [5.41, 5.74) is 0.898. The van der Waals surface area contributed by atoms with Crippen molar-refractivity contribution in [3.05, 3.63) is 103 Å². The number of para-hydroxylation sites is 1. The lowest BCUT2D eigenvalue weighted by molar-refractivity contribution is -0.422. The SMILES string of the molecule is O=C(c1cccc([N+](=O)[O-])c1[N+](=O)[O-])c1cc2ccccc2c2ccc3c(c12)CCCC3. The molecule has 32 heavy (non-hydrogen) atoms. The molecule has 7 heteroatoms. The minimum Gasteiger partial charge on any atom is -0.288 e. The van der Waals surface area contributed by atoms with Crippen molar-refractivity contribution in [1.82, 2.24) is 0 Å². The van der Waals surface area contributed by atoms with E-state index in [-0.39, 0.29) is 5.56 Å². The molecule has 7 nitrogen and oxygen atoms in total. The van der Waals surface area contributed by atoms with E-state index < -0.39 is 27.0 Å². The Hall–Kier alpha value is -4.13. The highest BCUT2D eigenvalue weighted by Crippen LogP contribution is 2.39. The van der Waals surface area contributed by atoms with E-state index in [2.05, 4.69) is 6.07 Å². The molecule has 1 aliphatic carbocycles. The van der Waals surface area contributed by atoms with Gasteiger partial charge in [-0.2, -0.15) is 0 Å². The number of nitro groups is 2. The smallest absolute Gasteiger partial charge is 0.288 e. The third-order valence-electron chi connectivity index (χ3n) is 6.24. The van der Waals surface area contributed by atoms with Crippen LogP contribution in [0.25, 0.3) is 21.5 Å². The van der Waals surface area contributed by atoms with Crippen LogP contribution in [0.3, 0.4) is 0 Å². The largest absolute Gasteiger partial charge is 0.357 e. The van der Waals surface area contributed by atoms with E-state index in [1.807, 2.05) is 30.3 Å². The molecule has 0 spiro atoms. The zero-order valence-corrected chi connectivity index (χ0v) is 17.0. The predicted octanol–water partition coefficient (Wildman–Crippen LogP) is 5.92. The van der Waals surface area contributed by atoms with Crippen LogP contribution in [-0.4, -0.2) is 15.6 Å². The standard InChI is InChI=1S/C25H18N2O5/c28-25(20-10-5-11-22(26(29)30)24(20)27(31)32)21-14-16-7-2-3-8-17(16)19-13-12-15-6-1-4-9-18(15)23(19)21/h2-3,5,7-8,10-14H,1,4,6,9H2. The average Bonchev–Trinajstić information content (AvgIpc) is 2.82. The Bertz CT molecular complexity index is 1460. The highest BCUT2D eigenvalue weighted by atomic mass is 16.6. The van der Waals surface area contributed by atoms with Gasteiger partial charge in [0.15, 0.2) is 0 Å². The zero-order valence-electron chi connectivity index (χ0n) is 17.0. The Balaban J connectivity index is 1.87. The normalized spacial score (nSPS) is 13.1. The molecule has 0 bridgehead atoms. The van der Waals surface area contributed by atoms with Crippen LogP contribution in [0, 0.1) is 20.2 Å². The average molecular weight is 426 g/mol. The van der Waals surface area contributed by atoms with Gasteiger partial charge in [0.05, 0.1) is 9.85 Å². The van der Waals surface area contributed by atoms with E-state index in [4.69, 9.17) is 0 Å². The molecule has 0 unspecified atom stereocenters. The molecule has 4 aromatic carbocycles. The summed E-state index contributed by atoms with van der Waals surface area (Å²) in [5.74, 6) is -0.574. The summed E-state index contributed by atoms with van der Waals surface area (Å²) in [6, 6.07) is 17.2. The fourth-order valence-corrected chi connectivity index (χ4v) is 4.83. The van der Waals surface area contributed by atoms with Crippen molar-refractivity contribution in [3.8, 4) is 0 Å². The molecule has 0 heterocycles. The van der Waals surface area contributed by atoms with Gasteiger partial charge in [0.2, 0.25) is 5.78 Å². The van der Waals surface area contributed by atoms with E-state index in [0.717, 1.165) is 58.9 Å². The monoisotopic (exact) mass is 426 g/mol. The number of hydrogen-bond acceptors (Lipinski definition) is 5. The van der Waals surface area contributed by atoms with Gasteiger partial charge in [-0.05, 0) is 70.5 Å². The van der Waals surface area contributed by atoms with Gasteiger partial charge in [-0.1, -0.05) is 42.5 Å². The van der Waals surface area contributed by atoms with Crippen molar-refractivity contribution in [3.63, 3.8) is 0 Å². The van der Waals surface area contributed by atoms with Crippen LogP contribution >= 0.6 is 0 Å². The van der Waals surface area contributed by atoms with Crippen LogP contribution in [0.2, 0.25) is 0 Å². The molecule has 0 atom stereocenters. The van der Waals surface area contributed by atoms with Gasteiger partial charge in [0.1, 0.15) is 5.56 Å². The van der Waals surface area contributed by atoms with Crippen LogP contribution in [0.5, 0.6) is 0 Å². The van der Waals surface area contributed by atoms with Crippen molar-refractivity contribution >= 4 is 38.7 Å². The summed E-state index contributed by atoms with van der Waals surface area (Å²) >= 11 is 0. The van der Waals surface area contributed by atoms with Crippen LogP contribution in [0.1, 0.15) is 39.9 Å². The number of fused-ring (bicyclic) bond motifs is 5. The first kappa shape index (κ1) is 19.8. The van der Waals surface area contributed by atoms with Gasteiger partial charge in [-0.3, -0.25) is 25.0 Å². The van der Waals surface area contributed by atoms with E-state index in [1.165, 1.54) is 17.7 Å². The van der Waals surface area contributed by atoms with E-state index >= 15 is 0 Å². The van der Waals surface area contributed by atoms with Gasteiger partial charge in [-0.25, -0.2) is 0 Å². The summed E-state index contributed by atoms with van der Waals surface area (Å²) in [4.78, 5) is 35.2. The highest BCUT2D eigenvalue weighted by molar-refractivity contribution is 6.24. The lowest BCUT2D eigenvalue weighted by Crippen LogP contribution is -2.11. The van der Waals surface area contributed by atoms with Gasteiger partial charge in [-0.15, -0.1) is 0 Å². The van der Waals surface area contributed by atoms with Crippen LogP contribution in [-0.2, 0) is 12.8 Å². The maximum atomic E-state index is 13.8. The Labute approximate surface area is 182 Å². The number of rotatable bonds is 4. The molecular weight excluding hydrogens is 408 g/mol. The summed E-state index contributed by atoms with van der Waals surface area (Å²) in [7, 11) is 0. The molecule has 4 aromatic rings. The maximum Gasteiger partial charge on any atom is 0.357 e. The Morgan fingerprint density at radius 3 is 2.34 bits per heavy atom. The second-order valence-electron chi connectivity index (χ2n) is 7.99. The topological polar surface area (TPSA) is 103 Å². The molecular formula is C25H18N2O5. The van der Waals surface area contributed by atoms with Crippen LogP contribution < -0.4 is 0 Å².